The molecule has 0 saturated carbocycles. The Kier molecular flexibility index (Phi) is 32.2. The number of nitrogens with zero attached hydrogens (tertiary/aromatic N) is 2. The number of hydrogen-bond acceptors (Lipinski definition) is 16. The van der Waals surface area contributed by atoms with Crippen LogP contribution in [0.5, 0.6) is 5.75 Å². The van der Waals surface area contributed by atoms with Crippen LogP contribution in [0.15, 0.2) is 59.6 Å². The minimum atomic E-state index is -1.52. The number of nitrogens with one attached hydrogen (secondary N) is 7. The normalized spacial score (nSPS) is 15.6. The maximum absolute atomic E-state index is 14.6. The third-order valence-electron chi connectivity index (χ3n) is 12.7. The van der Waals surface area contributed by atoms with Gasteiger partial charge in [0, 0.05) is 32.9 Å². The number of amides is 10. The van der Waals surface area contributed by atoms with E-state index in [1.54, 1.807) is 44.2 Å². The molecule has 2 aromatic carbocycles. The molecular weight excluding hydrogens is 1120 g/mol. The number of phenols is 1. The van der Waals surface area contributed by atoms with Crippen molar-refractivity contribution < 1.29 is 63.0 Å². The summed E-state index contributed by atoms with van der Waals surface area (Å²) in [6.07, 6.45) is 4.35. The van der Waals surface area contributed by atoms with Gasteiger partial charge in [0.15, 0.2) is 5.96 Å². The van der Waals surface area contributed by atoms with Gasteiger partial charge >= 0.3 is 0 Å². The Morgan fingerprint density at radius 1 is 0.639 bits per heavy atom. The molecule has 0 aliphatic carbocycles. The number of thioether (sulfide) groups is 2. The molecule has 10 amide bonds. The van der Waals surface area contributed by atoms with Crippen LogP contribution in [-0.4, -0.2) is 178 Å². The number of nitrogens with two attached hydrogens (primary N) is 5. The van der Waals surface area contributed by atoms with Crippen LogP contribution < -0.4 is 65.9 Å². The third-order valence-corrected chi connectivity index (χ3v) is 14.0. The quantitative estimate of drug-likeness (QED) is 0.0204. The number of aliphatic carboxylic acids is 1. The lowest BCUT2D eigenvalue weighted by Gasteiger charge is -2.31. The van der Waals surface area contributed by atoms with Crippen LogP contribution in [-0.2, 0) is 65.6 Å². The first-order valence-corrected chi connectivity index (χ1v) is 29.8. The standard InChI is InChI=1S/C52H80N14O11S2.C2H4O2/c1-29(2)25-37(63-48(74)38(26-32-15-17-33(67)18-16-32)64-49(75)39(28-42(54)68)62-45(71)34(53)19-23-78-4)47(73)59-30(3)44(70)65-40(27-31-11-7-6-8-12-31)51(77)66-22-10-14-41(66)50(76)61-36(13-9-21-58-52(56)57)46(72)60-35(43(55)69)20-24-79-5;1-2(3)4/h6-8,11-12,15-18,29-30,34-41,67H,9-10,13-14,19-28,53H2,1-5H3,(H2,54,68)(H2,55,69)(H,59,73)(H,60,72)(H,61,76)(H,62,71)(H,63,74)(H,64,75)(H,65,70)(H4,56,57,58);1H3,(H,3,4)/t30-,34-,35-,36-,37-,38-,39-,40-,41-;/m0./s1. The Hall–Kier alpha value is -7.66. The van der Waals surface area contributed by atoms with Gasteiger partial charge in [-0.2, -0.15) is 23.5 Å². The maximum Gasteiger partial charge on any atom is 0.300 e. The second-order valence-electron chi connectivity index (χ2n) is 20.2. The topological polar surface area (TPSA) is 458 Å². The summed E-state index contributed by atoms with van der Waals surface area (Å²) in [6, 6.07) is 3.46. The second kappa shape index (κ2) is 37.4. The largest absolute Gasteiger partial charge is 0.508 e. The summed E-state index contributed by atoms with van der Waals surface area (Å²) in [7, 11) is 0. The van der Waals surface area contributed by atoms with Crippen molar-refractivity contribution in [2.75, 3.05) is 37.1 Å². The molecule has 83 heavy (non-hydrogen) atoms. The zero-order chi connectivity index (χ0) is 62.3. The van der Waals surface area contributed by atoms with Crippen molar-refractivity contribution in [2.24, 2.45) is 39.6 Å². The van der Waals surface area contributed by atoms with Gasteiger partial charge in [-0.15, -0.1) is 0 Å². The molecule has 1 fully saturated rings. The van der Waals surface area contributed by atoms with Crippen molar-refractivity contribution in [3.63, 3.8) is 0 Å². The van der Waals surface area contributed by atoms with Gasteiger partial charge in [-0.25, -0.2) is 0 Å². The number of aromatic hydroxyl groups is 1. The van der Waals surface area contributed by atoms with Crippen molar-refractivity contribution in [3.8, 4) is 5.75 Å². The molecule has 1 saturated heterocycles. The highest BCUT2D eigenvalue weighted by Gasteiger charge is 2.40. The molecule has 0 radical (unpaired) electrons. The number of likely N-dealkylation sites (tertiary alicyclic amines) is 1. The summed E-state index contributed by atoms with van der Waals surface area (Å²) in [5.74, 6) is -7.92. The highest BCUT2D eigenvalue weighted by molar-refractivity contribution is 7.98. The monoisotopic (exact) mass is 1200 g/mol. The van der Waals surface area contributed by atoms with Crippen molar-refractivity contribution in [3.05, 3.63) is 65.7 Å². The lowest BCUT2D eigenvalue weighted by Crippen LogP contribution is -2.60. The molecule has 1 aliphatic heterocycles. The van der Waals surface area contributed by atoms with Crippen LogP contribution >= 0.6 is 23.5 Å². The molecule has 29 heteroatoms. The summed E-state index contributed by atoms with van der Waals surface area (Å²) < 4.78 is 0. The average Bonchev–Trinajstić information content (AvgIpc) is 4.18. The zero-order valence-corrected chi connectivity index (χ0v) is 49.5. The fraction of sp³-hybridized carbons (Fsp3) is 0.556. The van der Waals surface area contributed by atoms with Crippen LogP contribution in [0.2, 0.25) is 0 Å². The van der Waals surface area contributed by atoms with Crippen molar-refractivity contribution in [1.29, 1.82) is 0 Å². The zero-order valence-electron chi connectivity index (χ0n) is 47.9. The van der Waals surface area contributed by atoms with E-state index in [2.05, 4.69) is 42.2 Å². The molecule has 2 aromatic rings. The Labute approximate surface area is 492 Å². The lowest BCUT2D eigenvalue weighted by atomic mass is 10.00. The van der Waals surface area contributed by atoms with E-state index < -0.39 is 126 Å². The number of carboxylic acid groups (broad SMARTS) is 1. The van der Waals surface area contributed by atoms with Crippen LogP contribution in [0.3, 0.4) is 0 Å². The van der Waals surface area contributed by atoms with E-state index in [4.69, 9.17) is 38.6 Å². The molecule has 1 aliphatic rings. The Bertz CT molecular complexity index is 2520. The van der Waals surface area contributed by atoms with Gasteiger partial charge in [0.2, 0.25) is 59.1 Å². The molecule has 460 valence electrons. The van der Waals surface area contributed by atoms with Crippen molar-refractivity contribution >= 4 is 94.5 Å². The van der Waals surface area contributed by atoms with E-state index in [0.717, 1.165) is 6.92 Å². The van der Waals surface area contributed by atoms with Crippen LogP contribution in [0.25, 0.3) is 0 Å². The number of benzene rings is 2. The number of carbonyl (C=O) groups excluding carboxylic acids is 10. The van der Waals surface area contributed by atoms with E-state index in [9.17, 15) is 53.1 Å². The molecule has 1 heterocycles. The molecule has 0 spiro atoms. The van der Waals surface area contributed by atoms with Crippen molar-refractivity contribution in [1.82, 2.24) is 42.1 Å². The lowest BCUT2D eigenvalue weighted by molar-refractivity contribution is -0.142. The smallest absolute Gasteiger partial charge is 0.300 e. The molecule has 0 unspecified atom stereocenters. The molecule has 0 aromatic heterocycles. The van der Waals surface area contributed by atoms with Gasteiger partial charge in [0.05, 0.1) is 12.5 Å². The van der Waals surface area contributed by atoms with Gasteiger partial charge in [-0.3, -0.25) is 57.7 Å². The minimum Gasteiger partial charge on any atom is -0.508 e. The van der Waals surface area contributed by atoms with E-state index in [-0.39, 0.29) is 82.1 Å². The first-order valence-electron chi connectivity index (χ1n) is 27.0. The van der Waals surface area contributed by atoms with Gasteiger partial charge in [0.25, 0.3) is 5.97 Å². The Morgan fingerprint density at radius 2 is 1.16 bits per heavy atom. The summed E-state index contributed by atoms with van der Waals surface area (Å²) in [5, 5.41) is 35.8. The Balaban J connectivity index is 0.00000568. The molecular formula is C54H84N14O13S2. The predicted octanol–water partition coefficient (Wildman–Crippen LogP) is -2.03. The van der Waals surface area contributed by atoms with Gasteiger partial charge in [0.1, 0.15) is 54.1 Å². The molecule has 9 atom stereocenters. The van der Waals surface area contributed by atoms with Crippen LogP contribution in [0.1, 0.15) is 90.2 Å². The first kappa shape index (κ1) is 71.4. The fourth-order valence-corrected chi connectivity index (χ4v) is 9.41. The number of aliphatic imine (C=N–C) groups is 1. The highest BCUT2D eigenvalue weighted by Crippen LogP contribution is 2.21. The number of carbonyl (C=O) groups is 11. The van der Waals surface area contributed by atoms with E-state index in [1.807, 2.05) is 12.5 Å². The highest BCUT2D eigenvalue weighted by atomic mass is 32.2. The van der Waals surface area contributed by atoms with Gasteiger partial charge in [-0.05, 0) is 105 Å². The Morgan fingerprint density at radius 3 is 1.73 bits per heavy atom. The van der Waals surface area contributed by atoms with Crippen molar-refractivity contribution in [2.45, 2.75) is 146 Å². The third kappa shape index (κ3) is 27.3. The number of primary amides is 2. The molecule has 3 rings (SSSR count). The van der Waals surface area contributed by atoms with Gasteiger partial charge < -0.3 is 81.0 Å². The molecule has 19 N–H and O–H groups in total. The fourth-order valence-electron chi connectivity index (χ4n) is 8.45. The maximum atomic E-state index is 14.6. The number of phenolic OH excluding ortho intramolecular Hbond substituents is 1. The summed E-state index contributed by atoms with van der Waals surface area (Å²) in [6.45, 7) is 6.32. The number of hydrogen-bond donors (Lipinski definition) is 14. The van der Waals surface area contributed by atoms with E-state index >= 15 is 0 Å². The summed E-state index contributed by atoms with van der Waals surface area (Å²) in [5.41, 5.74) is 29.2. The van der Waals surface area contributed by atoms with E-state index in [0.29, 0.717) is 29.1 Å². The second-order valence-corrected chi connectivity index (χ2v) is 22.2. The van der Waals surface area contributed by atoms with Gasteiger partial charge in [-0.1, -0.05) is 56.3 Å². The number of carboxylic acids is 1. The summed E-state index contributed by atoms with van der Waals surface area (Å²) >= 11 is 2.91. The van der Waals surface area contributed by atoms with Crippen LogP contribution in [0.4, 0.5) is 0 Å². The van der Waals surface area contributed by atoms with E-state index in [1.165, 1.54) is 59.6 Å². The number of rotatable bonds is 34. The number of guanidine groups is 1. The van der Waals surface area contributed by atoms with Crippen LogP contribution in [0, 0.1) is 5.92 Å². The molecule has 0 bridgehead atoms. The predicted molar refractivity (Wildman–Crippen MR) is 316 cm³/mol. The SMILES string of the molecule is CC(=O)O.CSCC[C@H](NC(=O)[C@H](CCCN=C(N)N)NC(=O)[C@@H]1CCCN1C(=O)[C@H](Cc1ccccc1)NC(=O)[C@H](C)NC(=O)[C@H](CC(C)C)NC(=O)[C@H](Cc1ccc(O)cc1)NC(=O)[C@H](CC(N)=O)NC(=O)[C@@H](N)CCSC)C(N)=O. The summed E-state index contributed by atoms with van der Waals surface area (Å²) in [4.78, 5) is 150. The first-order chi connectivity index (χ1) is 39.2. The molecule has 27 nitrogen and oxygen atoms in total. The minimum absolute atomic E-state index is 0.0216. The average molecular weight is 1200 g/mol.